The third kappa shape index (κ3) is 9.40. The van der Waals surface area contributed by atoms with Gasteiger partial charge in [0.05, 0.1) is 0 Å². The Bertz CT molecular complexity index is 524. The van der Waals surface area contributed by atoms with Crippen molar-refractivity contribution < 1.29 is 14.3 Å². The number of amides is 2. The highest BCUT2D eigenvalue weighted by molar-refractivity contribution is 6.17. The van der Waals surface area contributed by atoms with Crippen molar-refractivity contribution in [2.75, 3.05) is 13.1 Å². The molecule has 0 fully saturated rings. The standard InChI is InChI=1S/C18H27ClN2O3/c1-18(2,3)24-17(23)21-12-4-11-20-16(22)10-9-14-5-7-15(13-19)8-6-14/h5-8H,4,9-13H2,1-3H3,(H,20,22)(H,21,23). The van der Waals surface area contributed by atoms with Crippen LogP contribution in [0.1, 0.15) is 44.7 Å². The molecule has 0 unspecified atom stereocenters. The molecule has 1 aromatic rings. The molecule has 6 heteroatoms. The Morgan fingerprint density at radius 2 is 1.62 bits per heavy atom. The van der Waals surface area contributed by atoms with Crippen LogP contribution in [-0.4, -0.2) is 30.7 Å². The Morgan fingerprint density at radius 1 is 1.04 bits per heavy atom. The molecular weight excluding hydrogens is 328 g/mol. The third-order valence-electron chi connectivity index (χ3n) is 3.16. The average molecular weight is 355 g/mol. The molecule has 0 atom stereocenters. The number of hydrogen-bond donors (Lipinski definition) is 2. The highest BCUT2D eigenvalue weighted by atomic mass is 35.5. The van der Waals surface area contributed by atoms with Crippen molar-refractivity contribution in [1.82, 2.24) is 10.6 Å². The maximum Gasteiger partial charge on any atom is 0.407 e. The van der Waals surface area contributed by atoms with Crippen LogP contribution >= 0.6 is 11.6 Å². The predicted molar refractivity (Wildman–Crippen MR) is 96.2 cm³/mol. The number of benzene rings is 1. The molecule has 0 aliphatic carbocycles. The molecule has 0 bridgehead atoms. The molecule has 0 saturated heterocycles. The van der Waals surface area contributed by atoms with Crippen LogP contribution in [0, 0.1) is 0 Å². The van der Waals surface area contributed by atoms with Crippen LogP contribution in [0.15, 0.2) is 24.3 Å². The van der Waals surface area contributed by atoms with E-state index in [1.54, 1.807) is 0 Å². The highest BCUT2D eigenvalue weighted by Gasteiger charge is 2.15. The summed E-state index contributed by atoms with van der Waals surface area (Å²) < 4.78 is 5.12. The summed E-state index contributed by atoms with van der Waals surface area (Å²) in [5, 5.41) is 5.50. The summed E-state index contributed by atoms with van der Waals surface area (Å²) >= 11 is 5.74. The van der Waals surface area contributed by atoms with E-state index in [0.29, 0.717) is 38.2 Å². The molecule has 134 valence electrons. The molecule has 24 heavy (non-hydrogen) atoms. The van der Waals surface area contributed by atoms with Crippen molar-refractivity contribution in [2.24, 2.45) is 0 Å². The first-order valence-electron chi connectivity index (χ1n) is 8.17. The molecule has 1 aromatic carbocycles. The summed E-state index contributed by atoms with van der Waals surface area (Å²) in [6, 6.07) is 7.94. The van der Waals surface area contributed by atoms with E-state index in [4.69, 9.17) is 16.3 Å². The van der Waals surface area contributed by atoms with Gasteiger partial charge in [0.25, 0.3) is 0 Å². The summed E-state index contributed by atoms with van der Waals surface area (Å²) in [6.45, 7) is 6.44. The second kappa shape index (κ2) is 10.2. The lowest BCUT2D eigenvalue weighted by molar-refractivity contribution is -0.121. The number of rotatable bonds is 8. The van der Waals surface area contributed by atoms with E-state index in [1.807, 2.05) is 45.0 Å². The number of alkyl carbamates (subject to hydrolysis) is 1. The van der Waals surface area contributed by atoms with Crippen molar-refractivity contribution in [3.63, 3.8) is 0 Å². The van der Waals surface area contributed by atoms with Crippen LogP contribution in [0.25, 0.3) is 0 Å². The van der Waals surface area contributed by atoms with Gasteiger partial charge in [-0.2, -0.15) is 0 Å². The highest BCUT2D eigenvalue weighted by Crippen LogP contribution is 2.08. The van der Waals surface area contributed by atoms with Gasteiger partial charge in [-0.05, 0) is 44.7 Å². The molecule has 0 heterocycles. The summed E-state index contributed by atoms with van der Waals surface area (Å²) in [7, 11) is 0. The van der Waals surface area contributed by atoms with E-state index < -0.39 is 11.7 Å². The topological polar surface area (TPSA) is 67.4 Å². The lowest BCUT2D eigenvalue weighted by Gasteiger charge is -2.19. The second-order valence-electron chi connectivity index (χ2n) is 6.58. The van der Waals surface area contributed by atoms with Crippen molar-refractivity contribution in [3.05, 3.63) is 35.4 Å². The fraction of sp³-hybridized carbons (Fsp3) is 0.556. The first-order chi connectivity index (χ1) is 11.3. The largest absolute Gasteiger partial charge is 0.444 e. The van der Waals surface area contributed by atoms with Gasteiger partial charge in [-0.15, -0.1) is 11.6 Å². The minimum Gasteiger partial charge on any atom is -0.444 e. The zero-order valence-electron chi connectivity index (χ0n) is 14.7. The van der Waals surface area contributed by atoms with Crippen molar-refractivity contribution >= 4 is 23.6 Å². The maximum atomic E-state index is 11.8. The molecule has 2 amide bonds. The molecule has 0 aliphatic rings. The van der Waals surface area contributed by atoms with Gasteiger partial charge >= 0.3 is 6.09 Å². The van der Waals surface area contributed by atoms with Crippen LogP contribution < -0.4 is 10.6 Å². The van der Waals surface area contributed by atoms with Crippen molar-refractivity contribution in [1.29, 1.82) is 0 Å². The third-order valence-corrected chi connectivity index (χ3v) is 3.47. The van der Waals surface area contributed by atoms with Gasteiger partial charge in [-0.1, -0.05) is 24.3 Å². The molecule has 0 radical (unpaired) electrons. The Kier molecular flexibility index (Phi) is 8.61. The monoisotopic (exact) mass is 354 g/mol. The van der Waals surface area contributed by atoms with Crippen LogP contribution in [0.2, 0.25) is 0 Å². The molecule has 2 N–H and O–H groups in total. The number of ether oxygens (including phenoxy) is 1. The van der Waals surface area contributed by atoms with Gasteiger partial charge in [0.1, 0.15) is 5.60 Å². The number of nitrogens with one attached hydrogen (secondary N) is 2. The number of halogens is 1. The van der Waals surface area contributed by atoms with Gasteiger partial charge < -0.3 is 15.4 Å². The van der Waals surface area contributed by atoms with Crippen LogP contribution in [0.4, 0.5) is 4.79 Å². The SMILES string of the molecule is CC(C)(C)OC(=O)NCCCNC(=O)CCc1ccc(CCl)cc1. The summed E-state index contributed by atoms with van der Waals surface area (Å²) in [4.78, 5) is 23.2. The minimum atomic E-state index is -0.500. The van der Waals surface area contributed by atoms with E-state index in [2.05, 4.69) is 10.6 Å². The fourth-order valence-electron chi connectivity index (χ4n) is 1.96. The van der Waals surface area contributed by atoms with Gasteiger partial charge in [0, 0.05) is 25.4 Å². The first kappa shape index (κ1) is 20.3. The predicted octanol–water partition coefficient (Wildman–Crippen LogP) is 3.39. The molecule has 1 rings (SSSR count). The Hall–Kier alpha value is -1.75. The lowest BCUT2D eigenvalue weighted by atomic mass is 10.1. The van der Waals surface area contributed by atoms with Gasteiger partial charge in [-0.25, -0.2) is 4.79 Å². The fourth-order valence-corrected chi connectivity index (χ4v) is 2.14. The Labute approximate surface area is 149 Å². The van der Waals surface area contributed by atoms with E-state index in [1.165, 1.54) is 0 Å². The number of aryl methyl sites for hydroxylation is 1. The molecule has 0 aliphatic heterocycles. The Balaban J connectivity index is 2.10. The smallest absolute Gasteiger partial charge is 0.407 e. The lowest BCUT2D eigenvalue weighted by Crippen LogP contribution is -2.34. The van der Waals surface area contributed by atoms with Crippen LogP contribution in [0.3, 0.4) is 0 Å². The normalized spacial score (nSPS) is 11.0. The van der Waals surface area contributed by atoms with E-state index in [9.17, 15) is 9.59 Å². The number of alkyl halides is 1. The second-order valence-corrected chi connectivity index (χ2v) is 6.85. The maximum absolute atomic E-state index is 11.8. The zero-order valence-corrected chi connectivity index (χ0v) is 15.4. The summed E-state index contributed by atoms with van der Waals surface area (Å²) in [6.07, 6.45) is 1.37. The van der Waals surface area contributed by atoms with Gasteiger partial charge in [0.2, 0.25) is 5.91 Å². The quantitative estimate of drug-likeness (QED) is 0.555. The van der Waals surface area contributed by atoms with Crippen LogP contribution in [0.5, 0.6) is 0 Å². The van der Waals surface area contributed by atoms with Crippen LogP contribution in [-0.2, 0) is 21.8 Å². The van der Waals surface area contributed by atoms with Gasteiger partial charge in [0.15, 0.2) is 0 Å². The molecule has 0 aromatic heterocycles. The minimum absolute atomic E-state index is 0.00804. The van der Waals surface area contributed by atoms with E-state index in [-0.39, 0.29) is 5.91 Å². The molecule has 0 spiro atoms. The first-order valence-corrected chi connectivity index (χ1v) is 8.71. The van der Waals surface area contributed by atoms with E-state index >= 15 is 0 Å². The zero-order chi connectivity index (χ0) is 18.0. The molecule has 0 saturated carbocycles. The van der Waals surface area contributed by atoms with Crippen molar-refractivity contribution in [2.45, 2.75) is 51.5 Å². The number of carbonyl (C=O) groups is 2. The summed E-state index contributed by atoms with van der Waals surface area (Å²) in [5.41, 5.74) is 1.69. The number of hydrogen-bond acceptors (Lipinski definition) is 3. The van der Waals surface area contributed by atoms with Gasteiger partial charge in [-0.3, -0.25) is 4.79 Å². The van der Waals surface area contributed by atoms with E-state index in [0.717, 1.165) is 11.1 Å². The summed E-state index contributed by atoms with van der Waals surface area (Å²) in [5.74, 6) is 0.506. The average Bonchev–Trinajstić information content (AvgIpc) is 2.51. The number of carbonyl (C=O) groups excluding carboxylic acids is 2. The Morgan fingerprint density at radius 3 is 2.21 bits per heavy atom. The van der Waals surface area contributed by atoms with Crippen molar-refractivity contribution in [3.8, 4) is 0 Å². The molecule has 5 nitrogen and oxygen atoms in total. The molecular formula is C18H27ClN2O3.